The molecule has 1 saturated carbocycles. The maximum atomic E-state index is 12.2. The fourth-order valence-corrected chi connectivity index (χ4v) is 3.78. The van der Waals surface area contributed by atoms with Crippen molar-refractivity contribution in [3.05, 3.63) is 23.3 Å². The molecule has 0 bridgehead atoms. The predicted molar refractivity (Wildman–Crippen MR) is 72.9 cm³/mol. The van der Waals surface area contributed by atoms with Crippen molar-refractivity contribution in [3.8, 4) is 0 Å². The lowest BCUT2D eigenvalue weighted by Crippen LogP contribution is -2.26. The standard InChI is InChI=1S/C13H20N2O2S/c1-9-7-12(14)8-10(2)13(9)18(16,17)15-6-5-11-3-4-11/h7-8,11,15H,3-6,14H2,1-2H3. The van der Waals surface area contributed by atoms with Gasteiger partial charge in [0.1, 0.15) is 0 Å². The van der Waals surface area contributed by atoms with E-state index >= 15 is 0 Å². The first kappa shape index (κ1) is 13.4. The molecule has 0 amide bonds. The number of hydrogen-bond donors (Lipinski definition) is 2. The monoisotopic (exact) mass is 268 g/mol. The van der Waals surface area contributed by atoms with Crippen molar-refractivity contribution in [2.45, 2.75) is 38.0 Å². The number of hydrogen-bond acceptors (Lipinski definition) is 3. The summed E-state index contributed by atoms with van der Waals surface area (Å²) in [6.45, 7) is 4.08. The van der Waals surface area contributed by atoms with Gasteiger partial charge in [0.15, 0.2) is 0 Å². The number of nitrogens with two attached hydrogens (primary N) is 1. The molecule has 3 N–H and O–H groups in total. The van der Waals surface area contributed by atoms with E-state index in [-0.39, 0.29) is 0 Å². The molecular formula is C13H20N2O2S. The van der Waals surface area contributed by atoms with E-state index < -0.39 is 10.0 Å². The number of sulfonamides is 1. The third kappa shape index (κ3) is 3.03. The first-order valence-corrected chi connectivity index (χ1v) is 7.75. The Kier molecular flexibility index (Phi) is 3.64. The number of nitrogen functional groups attached to an aromatic ring is 1. The van der Waals surface area contributed by atoms with Gasteiger partial charge < -0.3 is 5.73 Å². The molecule has 18 heavy (non-hydrogen) atoms. The highest BCUT2D eigenvalue weighted by Gasteiger charge is 2.23. The van der Waals surface area contributed by atoms with Gasteiger partial charge in [0.2, 0.25) is 10.0 Å². The molecule has 0 saturated heterocycles. The number of benzene rings is 1. The molecule has 1 aromatic rings. The lowest BCUT2D eigenvalue weighted by Gasteiger charge is -2.12. The van der Waals surface area contributed by atoms with Crippen LogP contribution in [0.4, 0.5) is 5.69 Å². The third-order valence-electron chi connectivity index (χ3n) is 3.29. The van der Waals surface area contributed by atoms with Gasteiger partial charge in [-0.2, -0.15) is 0 Å². The zero-order valence-electron chi connectivity index (χ0n) is 10.9. The Hall–Kier alpha value is -1.07. The molecule has 5 heteroatoms. The van der Waals surface area contributed by atoms with Crippen LogP contribution in [0, 0.1) is 19.8 Å². The summed E-state index contributed by atoms with van der Waals surface area (Å²) < 4.78 is 27.1. The molecule has 0 radical (unpaired) electrons. The molecule has 2 rings (SSSR count). The Morgan fingerprint density at radius 2 is 1.83 bits per heavy atom. The molecule has 1 fully saturated rings. The van der Waals surface area contributed by atoms with Gasteiger partial charge in [0.05, 0.1) is 4.90 Å². The van der Waals surface area contributed by atoms with Crippen molar-refractivity contribution in [1.82, 2.24) is 4.72 Å². The number of aryl methyl sites for hydroxylation is 2. The van der Waals surface area contributed by atoms with Crippen LogP contribution in [-0.2, 0) is 10.0 Å². The molecule has 0 heterocycles. The van der Waals surface area contributed by atoms with Crippen molar-refractivity contribution in [3.63, 3.8) is 0 Å². The number of nitrogens with one attached hydrogen (secondary N) is 1. The summed E-state index contributed by atoms with van der Waals surface area (Å²) in [7, 11) is -3.41. The normalized spacial score (nSPS) is 15.9. The van der Waals surface area contributed by atoms with E-state index in [4.69, 9.17) is 5.73 Å². The molecule has 0 aromatic heterocycles. The zero-order valence-corrected chi connectivity index (χ0v) is 11.7. The summed E-state index contributed by atoms with van der Waals surface area (Å²) in [6, 6.07) is 3.39. The molecule has 0 spiro atoms. The van der Waals surface area contributed by atoms with Crippen LogP contribution in [-0.4, -0.2) is 15.0 Å². The van der Waals surface area contributed by atoms with Crippen LogP contribution in [0.15, 0.2) is 17.0 Å². The Balaban J connectivity index is 2.17. The minimum Gasteiger partial charge on any atom is -0.399 e. The summed E-state index contributed by atoms with van der Waals surface area (Å²) in [5.74, 6) is 0.723. The average Bonchev–Trinajstić information content (AvgIpc) is 2.98. The zero-order chi connectivity index (χ0) is 13.3. The van der Waals surface area contributed by atoms with E-state index in [1.165, 1.54) is 12.8 Å². The molecule has 0 atom stereocenters. The largest absolute Gasteiger partial charge is 0.399 e. The maximum absolute atomic E-state index is 12.2. The van der Waals surface area contributed by atoms with Crippen molar-refractivity contribution in [2.75, 3.05) is 12.3 Å². The molecule has 1 aliphatic rings. The second kappa shape index (κ2) is 4.90. The summed E-state index contributed by atoms with van der Waals surface area (Å²) in [5.41, 5.74) is 7.70. The highest BCUT2D eigenvalue weighted by atomic mass is 32.2. The Labute approximate surface area is 109 Å². The summed E-state index contributed by atoms with van der Waals surface area (Å²) in [4.78, 5) is 0.368. The van der Waals surface area contributed by atoms with E-state index in [9.17, 15) is 8.42 Å². The van der Waals surface area contributed by atoms with E-state index in [1.807, 2.05) is 0 Å². The van der Waals surface area contributed by atoms with Gasteiger partial charge >= 0.3 is 0 Å². The van der Waals surface area contributed by atoms with Gasteiger partial charge in [-0.25, -0.2) is 13.1 Å². The quantitative estimate of drug-likeness (QED) is 0.802. The minimum absolute atomic E-state index is 0.368. The highest BCUT2D eigenvalue weighted by Crippen LogP contribution is 2.32. The van der Waals surface area contributed by atoms with Crippen molar-refractivity contribution < 1.29 is 8.42 Å². The van der Waals surface area contributed by atoms with Crippen LogP contribution in [0.5, 0.6) is 0 Å². The second-order valence-electron chi connectivity index (χ2n) is 5.11. The van der Waals surface area contributed by atoms with Gasteiger partial charge in [-0.05, 0) is 49.4 Å². The Bertz CT molecular complexity index is 525. The number of rotatable bonds is 5. The van der Waals surface area contributed by atoms with E-state index in [0.717, 1.165) is 12.3 Å². The predicted octanol–water partition coefficient (Wildman–Crippen LogP) is 1.96. The van der Waals surface area contributed by atoms with Crippen LogP contribution in [0.1, 0.15) is 30.4 Å². The summed E-state index contributed by atoms with van der Waals surface area (Å²) in [5, 5.41) is 0. The van der Waals surface area contributed by atoms with Crippen molar-refractivity contribution >= 4 is 15.7 Å². The van der Waals surface area contributed by atoms with Crippen LogP contribution in [0.25, 0.3) is 0 Å². The smallest absolute Gasteiger partial charge is 0.241 e. The minimum atomic E-state index is -3.41. The summed E-state index contributed by atoms with van der Waals surface area (Å²) >= 11 is 0. The lowest BCUT2D eigenvalue weighted by atomic mass is 10.1. The van der Waals surface area contributed by atoms with E-state index in [0.29, 0.717) is 28.3 Å². The fourth-order valence-electron chi connectivity index (χ4n) is 2.28. The van der Waals surface area contributed by atoms with Crippen molar-refractivity contribution in [2.24, 2.45) is 5.92 Å². The SMILES string of the molecule is Cc1cc(N)cc(C)c1S(=O)(=O)NCCC1CC1. The Morgan fingerprint density at radius 3 is 2.33 bits per heavy atom. The van der Waals surface area contributed by atoms with Crippen LogP contribution < -0.4 is 10.5 Å². The van der Waals surface area contributed by atoms with E-state index in [1.54, 1.807) is 26.0 Å². The van der Waals surface area contributed by atoms with Gasteiger partial charge in [-0.3, -0.25) is 0 Å². The van der Waals surface area contributed by atoms with Gasteiger partial charge in [0, 0.05) is 12.2 Å². The third-order valence-corrected chi connectivity index (χ3v) is 5.06. The molecule has 4 nitrogen and oxygen atoms in total. The lowest BCUT2D eigenvalue weighted by molar-refractivity contribution is 0.574. The first-order valence-electron chi connectivity index (χ1n) is 6.26. The van der Waals surface area contributed by atoms with Crippen LogP contribution in [0.2, 0.25) is 0 Å². The van der Waals surface area contributed by atoms with E-state index in [2.05, 4.69) is 4.72 Å². The molecule has 0 aliphatic heterocycles. The maximum Gasteiger partial charge on any atom is 0.241 e. The molecule has 100 valence electrons. The van der Waals surface area contributed by atoms with Crippen molar-refractivity contribution in [1.29, 1.82) is 0 Å². The van der Waals surface area contributed by atoms with Gasteiger partial charge in [-0.1, -0.05) is 12.8 Å². The molecule has 1 aliphatic carbocycles. The van der Waals surface area contributed by atoms with Crippen LogP contribution >= 0.6 is 0 Å². The average molecular weight is 268 g/mol. The fraction of sp³-hybridized carbons (Fsp3) is 0.538. The molecule has 0 unspecified atom stereocenters. The van der Waals surface area contributed by atoms with Gasteiger partial charge in [0.25, 0.3) is 0 Å². The second-order valence-corrected chi connectivity index (χ2v) is 6.82. The summed E-state index contributed by atoms with van der Waals surface area (Å²) in [6.07, 6.45) is 3.41. The Morgan fingerprint density at radius 1 is 1.28 bits per heavy atom. The molecular weight excluding hydrogens is 248 g/mol. The highest BCUT2D eigenvalue weighted by molar-refractivity contribution is 7.89. The topological polar surface area (TPSA) is 72.2 Å². The van der Waals surface area contributed by atoms with Gasteiger partial charge in [-0.15, -0.1) is 0 Å². The molecule has 1 aromatic carbocycles. The number of anilines is 1. The van der Waals surface area contributed by atoms with Crippen LogP contribution in [0.3, 0.4) is 0 Å². The first-order chi connectivity index (χ1) is 8.40.